The minimum absolute atomic E-state index is 0. The third-order valence-corrected chi connectivity index (χ3v) is 58.5. The van der Waals surface area contributed by atoms with Crippen LogP contribution in [-0.2, 0) is 0 Å². The molecule has 0 spiro atoms. The van der Waals surface area contributed by atoms with Gasteiger partial charge in [0.2, 0.25) is 0 Å². The molecule has 0 aliphatic rings. The number of aromatic nitrogens is 2. The molecule has 8 aromatic carbocycles. The normalized spacial score (nSPS) is 11.2. The van der Waals surface area contributed by atoms with Gasteiger partial charge in [0.1, 0.15) is 4.60 Å². The molecule has 538 valence electrons. The predicted octanol–water partition coefficient (Wildman–Crippen LogP) is 30.8. The summed E-state index contributed by atoms with van der Waals surface area (Å²) in [6, 6.07) is 71.6. The van der Waals surface area contributed by atoms with E-state index in [1.807, 2.05) is 79.0 Å². The minimum atomic E-state index is -2.18. The molecule has 0 saturated heterocycles. The van der Waals surface area contributed by atoms with E-state index in [0.29, 0.717) is 0 Å². The zero-order chi connectivity index (χ0) is 71.6. The first-order valence-corrected chi connectivity index (χ1v) is 62.2. The molecular formula is C95H129BrN2Sn3. The Morgan fingerprint density at radius 3 is 0.960 bits per heavy atom. The van der Waals surface area contributed by atoms with Crippen molar-refractivity contribution < 1.29 is 0 Å². The number of unbranched alkanes of at least 4 members (excludes halogenated alkanes) is 9. The van der Waals surface area contributed by atoms with E-state index < -0.39 is 56.5 Å². The number of fused-ring (bicyclic) bond motifs is 4. The van der Waals surface area contributed by atoms with Crippen molar-refractivity contribution >= 4 is 140 Å². The first-order valence-electron chi connectivity index (χ1n) is 39.0. The van der Waals surface area contributed by atoms with Gasteiger partial charge < -0.3 is 0 Å². The molecule has 0 saturated carbocycles. The summed E-state index contributed by atoms with van der Waals surface area (Å²) in [7, 11) is 0. The number of halogens is 1. The Hall–Kier alpha value is -5.24. The predicted molar refractivity (Wildman–Crippen MR) is 470 cm³/mol. The summed E-state index contributed by atoms with van der Waals surface area (Å²) in [4.78, 5) is 8.18. The first kappa shape index (κ1) is 88.2. The van der Waals surface area contributed by atoms with Crippen LogP contribution in [0.2, 0.25) is 39.9 Å². The molecule has 2 aromatic heterocycles. The number of hydrogen-bond acceptors (Lipinski definition) is 2. The van der Waals surface area contributed by atoms with Gasteiger partial charge in [-0.25, -0.2) is 4.98 Å². The molecule has 0 aliphatic carbocycles. The Balaban J connectivity index is 0.000000267. The Morgan fingerprint density at radius 2 is 0.644 bits per heavy atom. The van der Waals surface area contributed by atoms with E-state index in [-0.39, 0.29) is 7.43 Å². The van der Waals surface area contributed by atoms with Gasteiger partial charge in [-0.15, -0.1) is 6.42 Å². The summed E-state index contributed by atoms with van der Waals surface area (Å²) in [5.41, 5.74) is 6.00. The Morgan fingerprint density at radius 1 is 0.337 bits per heavy atom. The summed E-state index contributed by atoms with van der Waals surface area (Å²) in [5.74, 6) is 2.67. The average Bonchev–Trinajstić information content (AvgIpc) is 0.842. The molecule has 0 unspecified atom stereocenters. The molecule has 0 N–H and O–H groups in total. The van der Waals surface area contributed by atoms with E-state index in [2.05, 4.69) is 260 Å². The van der Waals surface area contributed by atoms with Crippen molar-refractivity contribution in [2.24, 2.45) is 0 Å². The molecule has 2 nitrogen and oxygen atoms in total. The molecule has 10 rings (SSSR count). The monoisotopic (exact) mass is 1740 g/mol. The maximum atomic E-state index is 5.37. The molecule has 0 amide bonds. The molecule has 0 atom stereocenters. The first-order chi connectivity index (χ1) is 49.1. The van der Waals surface area contributed by atoms with E-state index in [4.69, 9.17) is 6.42 Å². The molecule has 6 heteroatoms. The van der Waals surface area contributed by atoms with E-state index in [1.54, 1.807) is 46.1 Å². The second-order valence-corrected chi connectivity index (χ2v) is 64.1. The van der Waals surface area contributed by atoms with Crippen LogP contribution >= 0.6 is 15.9 Å². The van der Waals surface area contributed by atoms with Gasteiger partial charge in [0.15, 0.2) is 0 Å². The number of pyridine rings is 2. The molecule has 2 heterocycles. The summed E-state index contributed by atoms with van der Waals surface area (Å²) >= 11 is -2.12. The van der Waals surface area contributed by atoms with E-state index in [9.17, 15) is 0 Å². The molecule has 101 heavy (non-hydrogen) atoms. The van der Waals surface area contributed by atoms with E-state index in [0.717, 1.165) is 21.2 Å². The second-order valence-electron chi connectivity index (χ2n) is 27.4. The van der Waals surface area contributed by atoms with Gasteiger partial charge >= 0.3 is 412 Å². The summed E-state index contributed by atoms with van der Waals surface area (Å²) in [5, 5.41) is 10.4. The van der Waals surface area contributed by atoms with Crippen molar-refractivity contribution in [3.8, 4) is 12.3 Å². The van der Waals surface area contributed by atoms with Crippen molar-refractivity contribution in [2.45, 2.75) is 225 Å². The molecule has 0 fully saturated rings. The van der Waals surface area contributed by atoms with Gasteiger partial charge in [0, 0.05) is 18.0 Å². The molecule has 0 radical (unpaired) electrons. The Bertz CT molecular complexity index is 3700. The van der Waals surface area contributed by atoms with Crippen molar-refractivity contribution in [2.75, 3.05) is 0 Å². The summed E-state index contributed by atoms with van der Waals surface area (Å²) in [6.07, 6.45) is 43.7. The zero-order valence-corrected chi connectivity index (χ0v) is 73.9. The van der Waals surface area contributed by atoms with Gasteiger partial charge in [-0.1, -0.05) is 110 Å². The Kier molecular flexibility index (Phi) is 47.5. The Labute approximate surface area is 640 Å². The van der Waals surface area contributed by atoms with Crippen LogP contribution < -0.4 is 0 Å². The van der Waals surface area contributed by atoms with Crippen LogP contribution in [0.5, 0.6) is 0 Å². The summed E-state index contributed by atoms with van der Waals surface area (Å²) in [6.45, 7) is 21.1. The number of terminal acetylenes is 1. The van der Waals surface area contributed by atoms with Crippen LogP contribution in [0.1, 0.15) is 213 Å². The zero-order valence-electron chi connectivity index (χ0n) is 63.3. The van der Waals surface area contributed by atoms with Crippen LogP contribution in [0.25, 0.3) is 67.4 Å². The van der Waals surface area contributed by atoms with Crippen LogP contribution in [0.3, 0.4) is 0 Å². The number of hydrogen-bond donors (Lipinski definition) is 0. The molecule has 10 aromatic rings. The quantitative estimate of drug-likeness (QED) is 0.0233. The number of benzene rings is 8. The SMILES string of the molecule is Brc1ccccn1.C.C#Cc1cccc2ccccc12.C(=C\c1cccc2ccccc12)/c1ccccn1.CCC[CH2][SnH]([CH2]CCC)[CH2]CCC.CCC[CH2][Sn](/[CH]=C/c1cccc2ccccc12)([CH2]CCC)[CH2]CCC.CCC[CH2][Sn](/[CH]=C/c1cccc2ccccc12)([CH2]CCC)[CH2]CCC. The van der Waals surface area contributed by atoms with E-state index in [1.165, 1.54) is 170 Å². The topological polar surface area (TPSA) is 25.8 Å². The van der Waals surface area contributed by atoms with Crippen molar-refractivity contribution in [1.82, 2.24) is 9.97 Å². The van der Waals surface area contributed by atoms with Gasteiger partial charge in [0.25, 0.3) is 0 Å². The maximum absolute atomic E-state index is 5.37. The van der Waals surface area contributed by atoms with E-state index >= 15 is 0 Å². The molecular weight excluding hydrogens is 1610 g/mol. The van der Waals surface area contributed by atoms with Crippen LogP contribution in [0.15, 0.2) is 231 Å². The standard InChI is InChI=1S/C17H13N.2C12H9.C12H8.C5H4BrN.9C4H9.CH4.3Sn.H/c1-2-10-17-14(6-1)7-5-8-15(17)11-12-16-9-3-4-13-18-16;3*1-2-10-7-5-8-11-6-3-4-9-12(10)11;6-5-3-1-2-4-7-5;9*1-3-4-2;;;;;/h1-13H;2*1-9H;1,3-9H;1-4H;9*1,3-4H2,2H3;1H4;;;;/b12-11+;;;;;;;;;;;;;;;;;;. The molecule has 0 bridgehead atoms. The van der Waals surface area contributed by atoms with Crippen LogP contribution in [0, 0.1) is 12.3 Å². The van der Waals surface area contributed by atoms with Gasteiger partial charge in [-0.05, 0) is 79.4 Å². The van der Waals surface area contributed by atoms with Crippen LogP contribution in [-0.4, -0.2) is 66.5 Å². The molecule has 0 aliphatic heterocycles. The summed E-state index contributed by atoms with van der Waals surface area (Å²) < 4.78 is 20.8. The van der Waals surface area contributed by atoms with Crippen molar-refractivity contribution in [1.29, 1.82) is 0 Å². The van der Waals surface area contributed by atoms with Gasteiger partial charge in [-0.3, -0.25) is 4.98 Å². The fourth-order valence-corrected chi connectivity index (χ4v) is 52.9. The fourth-order valence-electron chi connectivity index (χ4n) is 13.4. The van der Waals surface area contributed by atoms with Gasteiger partial charge in [0.05, 0.1) is 5.69 Å². The number of nitrogens with zero attached hydrogens (tertiary/aromatic N) is 2. The number of rotatable bonds is 33. The fraction of sp³-hybridized carbons (Fsp3) is 0.389. The average molecular weight is 1740 g/mol. The van der Waals surface area contributed by atoms with Crippen molar-refractivity contribution in [3.63, 3.8) is 0 Å². The second kappa shape index (κ2) is 54.4. The van der Waals surface area contributed by atoms with Gasteiger partial charge in [-0.2, -0.15) is 0 Å². The van der Waals surface area contributed by atoms with Crippen LogP contribution in [0.4, 0.5) is 0 Å². The third kappa shape index (κ3) is 33.6. The van der Waals surface area contributed by atoms with Crippen molar-refractivity contribution in [3.05, 3.63) is 259 Å². The third-order valence-electron chi connectivity index (χ3n) is 19.5.